The van der Waals surface area contributed by atoms with Crippen LogP contribution in [0, 0.1) is 16.0 Å². The topological polar surface area (TPSA) is 122 Å². The Morgan fingerprint density at radius 2 is 1.80 bits per heavy atom. The molecule has 164 valence electrons. The van der Waals surface area contributed by atoms with Crippen molar-refractivity contribution in [1.29, 1.82) is 0 Å². The highest BCUT2D eigenvalue weighted by atomic mass is 32.7. The molecule has 0 fully saturated rings. The second-order valence-electron chi connectivity index (χ2n) is 6.41. The summed E-state index contributed by atoms with van der Waals surface area (Å²) < 4.78 is 53.8. The van der Waals surface area contributed by atoms with Gasteiger partial charge in [0.05, 0.1) is 11.5 Å². The Hall–Kier alpha value is -2.07. The van der Waals surface area contributed by atoms with Gasteiger partial charge in [-0.15, -0.1) is 0 Å². The molecule has 0 aliphatic heterocycles. The van der Waals surface area contributed by atoms with Crippen LogP contribution in [0.1, 0.15) is 20.8 Å². The summed E-state index contributed by atoms with van der Waals surface area (Å²) in [6, 6.07) is 10.1. The van der Waals surface area contributed by atoms with Crippen molar-refractivity contribution in [3.05, 3.63) is 58.6 Å². The van der Waals surface area contributed by atoms with Gasteiger partial charge in [-0.05, 0) is 42.4 Å². The first-order valence-electron chi connectivity index (χ1n) is 8.92. The highest BCUT2D eigenvalue weighted by Crippen LogP contribution is 2.60. The zero-order valence-electron chi connectivity index (χ0n) is 16.6. The highest BCUT2D eigenvalue weighted by Gasteiger charge is 2.28. The Balaban J connectivity index is 2.23. The molecule has 0 N–H and O–H groups in total. The molecule has 2 rings (SSSR count). The van der Waals surface area contributed by atoms with E-state index in [9.17, 15) is 23.1 Å². The Bertz CT molecular complexity index is 1040. The number of nitrogens with zero attached hydrogens (tertiary/aromatic N) is 1. The molecule has 2 aromatic carbocycles. The van der Waals surface area contributed by atoms with Crippen LogP contribution in [0.5, 0.6) is 11.5 Å². The summed E-state index contributed by atoms with van der Waals surface area (Å²) in [4.78, 5) is 9.81. The lowest BCUT2D eigenvalue weighted by Gasteiger charge is -2.19. The van der Waals surface area contributed by atoms with Crippen molar-refractivity contribution in [3.63, 3.8) is 0 Å². The van der Waals surface area contributed by atoms with Gasteiger partial charge in [0.15, 0.2) is 0 Å². The van der Waals surface area contributed by atoms with Crippen molar-refractivity contribution in [2.45, 2.75) is 25.7 Å². The minimum atomic E-state index is -4.33. The minimum absolute atomic E-state index is 0.101. The fourth-order valence-corrected chi connectivity index (χ4v) is 6.84. The van der Waals surface area contributed by atoms with Crippen LogP contribution >= 0.6 is 18.2 Å². The molecule has 0 saturated heterocycles. The van der Waals surface area contributed by atoms with Gasteiger partial charge in [-0.25, -0.2) is 4.57 Å². The zero-order chi connectivity index (χ0) is 22.4. The Morgan fingerprint density at radius 3 is 2.43 bits per heavy atom. The molecular formula is C18H22NO8PS2. The standard InChI is InChI=1S/C18H22NO8PS2/c1-4-25-28(22,29-13-14(2)3)26-16-8-6-9-17(12-16)27-30(23,24)18-10-5-7-15(11-18)19(20)21/h5-12,14H,4,13H2,1-3H3. The van der Waals surface area contributed by atoms with E-state index in [1.807, 2.05) is 13.8 Å². The van der Waals surface area contributed by atoms with E-state index in [1.165, 1.54) is 42.5 Å². The molecule has 30 heavy (non-hydrogen) atoms. The molecule has 0 aliphatic carbocycles. The summed E-state index contributed by atoms with van der Waals surface area (Å²) in [5.41, 5.74) is -0.378. The summed E-state index contributed by atoms with van der Waals surface area (Å²) in [6.45, 7) is 2.30. The molecule has 0 spiro atoms. The Labute approximate surface area is 179 Å². The molecule has 0 amide bonds. The number of nitro groups is 1. The van der Waals surface area contributed by atoms with E-state index < -0.39 is 21.8 Å². The van der Waals surface area contributed by atoms with Gasteiger partial charge in [0, 0.05) is 24.0 Å². The fraction of sp³-hybridized carbons (Fsp3) is 0.333. The van der Waals surface area contributed by atoms with Gasteiger partial charge < -0.3 is 8.71 Å². The number of benzene rings is 2. The van der Waals surface area contributed by atoms with Gasteiger partial charge in [-0.2, -0.15) is 8.42 Å². The van der Waals surface area contributed by atoms with Crippen molar-refractivity contribution in [2.24, 2.45) is 5.92 Å². The maximum Gasteiger partial charge on any atom is 0.440 e. The number of non-ortho nitro benzene ring substituents is 1. The van der Waals surface area contributed by atoms with Crippen LogP contribution in [0.25, 0.3) is 0 Å². The highest BCUT2D eigenvalue weighted by molar-refractivity contribution is 8.55. The first-order valence-corrected chi connectivity index (χ1v) is 13.5. The van der Waals surface area contributed by atoms with E-state index in [1.54, 1.807) is 6.92 Å². The second kappa shape index (κ2) is 10.3. The van der Waals surface area contributed by atoms with Gasteiger partial charge in [0.1, 0.15) is 16.4 Å². The largest absolute Gasteiger partial charge is 0.440 e. The van der Waals surface area contributed by atoms with E-state index in [0.29, 0.717) is 5.75 Å². The average molecular weight is 475 g/mol. The maximum absolute atomic E-state index is 12.9. The quantitative estimate of drug-likeness (QED) is 0.185. The molecule has 0 aliphatic rings. The monoisotopic (exact) mass is 475 g/mol. The van der Waals surface area contributed by atoms with Crippen LogP contribution in [0.3, 0.4) is 0 Å². The zero-order valence-corrected chi connectivity index (χ0v) is 19.1. The van der Waals surface area contributed by atoms with Crippen LogP contribution in [0.2, 0.25) is 0 Å². The van der Waals surface area contributed by atoms with Crippen molar-refractivity contribution in [3.8, 4) is 11.5 Å². The van der Waals surface area contributed by atoms with Gasteiger partial charge in [-0.3, -0.25) is 14.6 Å². The Kier molecular flexibility index (Phi) is 8.31. The lowest BCUT2D eigenvalue weighted by atomic mass is 10.3. The van der Waals surface area contributed by atoms with Gasteiger partial charge >= 0.3 is 16.9 Å². The van der Waals surface area contributed by atoms with Gasteiger partial charge in [-0.1, -0.05) is 26.0 Å². The van der Waals surface area contributed by atoms with E-state index in [4.69, 9.17) is 13.2 Å². The molecule has 1 atom stereocenters. The molecule has 1 unspecified atom stereocenters. The molecule has 12 heteroatoms. The predicted octanol–water partition coefficient (Wildman–Crippen LogP) is 5.28. The minimum Gasteiger partial charge on any atom is -0.417 e. The number of rotatable bonds is 11. The normalized spacial score (nSPS) is 13.6. The average Bonchev–Trinajstić information content (AvgIpc) is 2.66. The third-order valence-electron chi connectivity index (χ3n) is 3.40. The van der Waals surface area contributed by atoms with Crippen LogP contribution in [-0.2, 0) is 19.2 Å². The van der Waals surface area contributed by atoms with Crippen molar-refractivity contribution >= 4 is 34.0 Å². The Morgan fingerprint density at radius 1 is 1.13 bits per heavy atom. The van der Waals surface area contributed by atoms with Gasteiger partial charge in [0.25, 0.3) is 5.69 Å². The summed E-state index contributed by atoms with van der Waals surface area (Å²) in [7, 11) is -4.33. The SMILES string of the molecule is CCOP(=O)(Oc1cccc(OS(=O)(=O)c2cccc([N+](=O)[O-])c2)c1)SCC(C)C. The summed E-state index contributed by atoms with van der Waals surface area (Å²) in [6.07, 6.45) is 0. The number of hydrogen-bond donors (Lipinski definition) is 0. The number of nitro benzene ring substituents is 1. The molecule has 9 nitrogen and oxygen atoms in total. The summed E-state index contributed by atoms with van der Waals surface area (Å²) in [5.74, 6) is 0.821. The van der Waals surface area contributed by atoms with E-state index >= 15 is 0 Å². The predicted molar refractivity (Wildman–Crippen MR) is 115 cm³/mol. The summed E-state index contributed by atoms with van der Waals surface area (Å²) >= 11 is 1.06. The molecule has 2 aromatic rings. The molecule has 0 bridgehead atoms. The maximum atomic E-state index is 12.9. The van der Waals surface area contributed by atoms with Crippen molar-refractivity contribution in [2.75, 3.05) is 12.4 Å². The first-order chi connectivity index (χ1) is 14.0. The van der Waals surface area contributed by atoms with E-state index in [2.05, 4.69) is 0 Å². The fourth-order valence-electron chi connectivity index (χ4n) is 2.13. The second-order valence-corrected chi connectivity index (χ2v) is 12.0. The van der Waals surface area contributed by atoms with Crippen molar-refractivity contribution in [1.82, 2.24) is 0 Å². The van der Waals surface area contributed by atoms with Crippen LogP contribution in [0.4, 0.5) is 5.69 Å². The molecule has 0 radical (unpaired) electrons. The third-order valence-corrected chi connectivity index (χ3v) is 8.72. The van der Waals surface area contributed by atoms with Gasteiger partial charge in [0.2, 0.25) is 0 Å². The summed E-state index contributed by atoms with van der Waals surface area (Å²) in [5, 5.41) is 10.9. The molecular weight excluding hydrogens is 453 g/mol. The molecule has 0 aromatic heterocycles. The van der Waals surface area contributed by atoms with Crippen LogP contribution in [-0.4, -0.2) is 25.7 Å². The lowest BCUT2D eigenvalue weighted by molar-refractivity contribution is -0.385. The number of hydrogen-bond acceptors (Lipinski definition) is 9. The third kappa shape index (κ3) is 7.02. The lowest BCUT2D eigenvalue weighted by Crippen LogP contribution is -2.10. The first kappa shape index (κ1) is 24.2. The van der Waals surface area contributed by atoms with E-state index in [0.717, 1.165) is 17.4 Å². The smallest absolute Gasteiger partial charge is 0.417 e. The van der Waals surface area contributed by atoms with E-state index in [-0.39, 0.29) is 34.6 Å². The van der Waals surface area contributed by atoms with Crippen molar-refractivity contribution < 1.29 is 31.1 Å². The molecule has 0 saturated carbocycles. The van der Waals surface area contributed by atoms with Crippen LogP contribution in [0.15, 0.2) is 53.4 Å². The van der Waals surface area contributed by atoms with Crippen LogP contribution < -0.4 is 8.71 Å². The molecule has 0 heterocycles.